The Morgan fingerprint density at radius 3 is 2.80 bits per heavy atom. The number of non-ortho nitro benzene ring substituents is 1. The topological polar surface area (TPSA) is 115 Å². The van der Waals surface area contributed by atoms with Gasteiger partial charge in [-0.1, -0.05) is 22.0 Å². The number of pyridine rings is 1. The number of nitrogens with zero attached hydrogens (tertiary/aromatic N) is 2. The number of hydrogen-bond donors (Lipinski definition) is 2. The van der Waals surface area contributed by atoms with E-state index in [0.29, 0.717) is 4.47 Å². The van der Waals surface area contributed by atoms with Crippen molar-refractivity contribution in [2.24, 2.45) is 5.73 Å². The molecule has 0 aliphatic carbocycles. The third-order valence-corrected chi connectivity index (χ3v) is 2.75. The van der Waals surface area contributed by atoms with E-state index in [0.717, 1.165) is 0 Å². The van der Waals surface area contributed by atoms with E-state index in [1.807, 2.05) is 0 Å². The predicted octanol–water partition coefficient (Wildman–Crippen LogP) is 2.83. The van der Waals surface area contributed by atoms with Crippen LogP contribution in [0.15, 0.2) is 40.9 Å². The zero-order valence-electron chi connectivity index (χ0n) is 10.0. The Hall–Kier alpha value is -2.48. The summed E-state index contributed by atoms with van der Waals surface area (Å²) in [5.41, 5.74) is 5.50. The second kappa shape index (κ2) is 5.66. The Morgan fingerprint density at radius 2 is 2.15 bits per heavy atom. The standard InChI is InChI=1S/C12H9BrN4O3/c13-7-4-8(17(18)19)6-9(5-7)20-11-3-1-2-10(16-11)12(14)15/h1-6H,(H3,14,15). The fourth-order valence-electron chi connectivity index (χ4n) is 1.45. The van der Waals surface area contributed by atoms with Crippen molar-refractivity contribution in [3.63, 3.8) is 0 Å². The molecule has 0 atom stereocenters. The molecule has 0 fully saturated rings. The largest absolute Gasteiger partial charge is 0.439 e. The first-order chi connectivity index (χ1) is 9.45. The molecule has 2 aromatic rings. The molecular formula is C12H9BrN4O3. The lowest BCUT2D eigenvalue weighted by atomic mass is 10.3. The molecule has 0 spiro atoms. The third kappa shape index (κ3) is 3.29. The Morgan fingerprint density at radius 1 is 1.40 bits per heavy atom. The second-order valence-electron chi connectivity index (χ2n) is 3.78. The van der Waals surface area contributed by atoms with Crippen LogP contribution < -0.4 is 10.5 Å². The molecule has 0 saturated carbocycles. The van der Waals surface area contributed by atoms with E-state index >= 15 is 0 Å². The normalized spacial score (nSPS) is 10.1. The molecule has 1 aromatic carbocycles. The van der Waals surface area contributed by atoms with Crippen LogP contribution in [0, 0.1) is 15.5 Å². The van der Waals surface area contributed by atoms with Crippen molar-refractivity contribution in [2.45, 2.75) is 0 Å². The van der Waals surface area contributed by atoms with E-state index in [-0.39, 0.29) is 28.8 Å². The number of aromatic nitrogens is 1. The van der Waals surface area contributed by atoms with Gasteiger partial charge in [0, 0.05) is 16.6 Å². The van der Waals surface area contributed by atoms with Gasteiger partial charge in [-0.15, -0.1) is 0 Å². The lowest BCUT2D eigenvalue weighted by Crippen LogP contribution is -2.13. The van der Waals surface area contributed by atoms with E-state index in [9.17, 15) is 10.1 Å². The third-order valence-electron chi connectivity index (χ3n) is 2.29. The first kappa shape index (κ1) is 13.9. The van der Waals surface area contributed by atoms with E-state index in [2.05, 4.69) is 20.9 Å². The number of nitro benzene ring substituents is 1. The molecule has 0 radical (unpaired) electrons. The van der Waals surface area contributed by atoms with Gasteiger partial charge in [0.05, 0.1) is 11.0 Å². The molecule has 20 heavy (non-hydrogen) atoms. The highest BCUT2D eigenvalue weighted by Crippen LogP contribution is 2.29. The highest BCUT2D eigenvalue weighted by molar-refractivity contribution is 9.10. The van der Waals surface area contributed by atoms with Gasteiger partial charge in [-0.2, -0.15) is 0 Å². The van der Waals surface area contributed by atoms with Crippen molar-refractivity contribution in [1.82, 2.24) is 4.98 Å². The van der Waals surface area contributed by atoms with Crippen LogP contribution in [0.5, 0.6) is 11.6 Å². The average molecular weight is 337 g/mol. The maximum atomic E-state index is 10.8. The van der Waals surface area contributed by atoms with Gasteiger partial charge in [-0.3, -0.25) is 15.5 Å². The summed E-state index contributed by atoms with van der Waals surface area (Å²) in [6.45, 7) is 0. The lowest BCUT2D eigenvalue weighted by Gasteiger charge is -2.06. The molecule has 0 aliphatic rings. The highest BCUT2D eigenvalue weighted by Gasteiger charge is 2.11. The number of amidine groups is 1. The van der Waals surface area contributed by atoms with Gasteiger partial charge >= 0.3 is 0 Å². The van der Waals surface area contributed by atoms with Crippen LogP contribution in [0.1, 0.15) is 5.69 Å². The van der Waals surface area contributed by atoms with Crippen molar-refractivity contribution < 1.29 is 9.66 Å². The van der Waals surface area contributed by atoms with Crippen molar-refractivity contribution in [1.29, 1.82) is 5.41 Å². The minimum Gasteiger partial charge on any atom is -0.439 e. The van der Waals surface area contributed by atoms with E-state index in [1.54, 1.807) is 24.3 Å². The van der Waals surface area contributed by atoms with Gasteiger partial charge in [0.15, 0.2) is 0 Å². The van der Waals surface area contributed by atoms with Gasteiger partial charge in [0.1, 0.15) is 17.3 Å². The summed E-state index contributed by atoms with van der Waals surface area (Å²) in [5.74, 6) is 0.278. The first-order valence-corrected chi connectivity index (χ1v) is 6.19. The SMILES string of the molecule is N=C(N)c1cccc(Oc2cc(Br)cc([N+](=O)[O-])c2)n1. The summed E-state index contributed by atoms with van der Waals surface area (Å²) in [6, 6.07) is 9.00. The summed E-state index contributed by atoms with van der Waals surface area (Å²) in [4.78, 5) is 14.3. The van der Waals surface area contributed by atoms with Crippen LogP contribution in [0.25, 0.3) is 0 Å². The summed E-state index contributed by atoms with van der Waals surface area (Å²) in [6.07, 6.45) is 0. The van der Waals surface area contributed by atoms with Gasteiger partial charge in [-0.25, -0.2) is 4.98 Å². The van der Waals surface area contributed by atoms with Gasteiger partial charge in [0.25, 0.3) is 5.69 Å². The van der Waals surface area contributed by atoms with Crippen molar-refractivity contribution in [3.8, 4) is 11.6 Å². The molecule has 0 unspecified atom stereocenters. The summed E-state index contributed by atoms with van der Waals surface area (Å²) >= 11 is 3.17. The zero-order chi connectivity index (χ0) is 14.7. The maximum Gasteiger partial charge on any atom is 0.274 e. The molecular weight excluding hydrogens is 328 g/mol. The Bertz CT molecular complexity index is 690. The van der Waals surface area contributed by atoms with Crippen LogP contribution in [-0.4, -0.2) is 15.7 Å². The highest BCUT2D eigenvalue weighted by atomic mass is 79.9. The Kier molecular flexibility index (Phi) is 3.94. The van der Waals surface area contributed by atoms with Crippen LogP contribution in [0.2, 0.25) is 0 Å². The quantitative estimate of drug-likeness (QED) is 0.385. The number of nitrogens with two attached hydrogens (primary N) is 1. The van der Waals surface area contributed by atoms with Gasteiger partial charge in [0.2, 0.25) is 5.88 Å². The molecule has 0 aliphatic heterocycles. The predicted molar refractivity (Wildman–Crippen MR) is 76.1 cm³/mol. The zero-order valence-corrected chi connectivity index (χ0v) is 11.6. The number of benzene rings is 1. The molecule has 7 nitrogen and oxygen atoms in total. The van der Waals surface area contributed by atoms with Crippen molar-refractivity contribution in [2.75, 3.05) is 0 Å². The van der Waals surface area contributed by atoms with Crippen LogP contribution in [0.3, 0.4) is 0 Å². The molecule has 1 aromatic heterocycles. The molecule has 0 saturated heterocycles. The van der Waals surface area contributed by atoms with Crippen molar-refractivity contribution in [3.05, 3.63) is 56.7 Å². The van der Waals surface area contributed by atoms with Gasteiger partial charge in [-0.05, 0) is 12.1 Å². The fraction of sp³-hybridized carbons (Fsp3) is 0. The maximum absolute atomic E-state index is 10.8. The number of nitro groups is 1. The molecule has 2 rings (SSSR count). The number of ether oxygens (including phenoxy) is 1. The first-order valence-electron chi connectivity index (χ1n) is 5.40. The number of halogens is 1. The van der Waals surface area contributed by atoms with Crippen LogP contribution in [0.4, 0.5) is 5.69 Å². The van der Waals surface area contributed by atoms with Gasteiger partial charge < -0.3 is 10.5 Å². The Labute approximate surface area is 122 Å². The summed E-state index contributed by atoms with van der Waals surface area (Å²) < 4.78 is 5.96. The molecule has 0 bridgehead atoms. The average Bonchev–Trinajstić information content (AvgIpc) is 2.38. The lowest BCUT2D eigenvalue weighted by molar-refractivity contribution is -0.385. The Balaban J connectivity index is 2.32. The van der Waals surface area contributed by atoms with E-state index < -0.39 is 4.92 Å². The molecule has 3 N–H and O–H groups in total. The molecule has 102 valence electrons. The number of nitrogen functional groups attached to an aromatic ring is 1. The minimum absolute atomic E-state index is 0.0999. The van der Waals surface area contributed by atoms with E-state index in [4.69, 9.17) is 15.9 Å². The number of nitrogens with one attached hydrogen (secondary N) is 1. The molecule has 1 heterocycles. The minimum atomic E-state index is -0.517. The van der Waals surface area contributed by atoms with Crippen LogP contribution >= 0.6 is 15.9 Å². The number of rotatable bonds is 4. The van der Waals surface area contributed by atoms with Crippen molar-refractivity contribution >= 4 is 27.5 Å². The summed E-state index contributed by atoms with van der Waals surface area (Å²) in [5, 5.41) is 18.1. The number of hydrogen-bond acceptors (Lipinski definition) is 5. The van der Waals surface area contributed by atoms with E-state index in [1.165, 1.54) is 12.1 Å². The monoisotopic (exact) mass is 336 g/mol. The molecule has 0 amide bonds. The fourth-order valence-corrected chi connectivity index (χ4v) is 1.91. The van der Waals surface area contributed by atoms with Crippen LogP contribution in [-0.2, 0) is 0 Å². The summed E-state index contributed by atoms with van der Waals surface area (Å²) in [7, 11) is 0. The second-order valence-corrected chi connectivity index (χ2v) is 4.69. The smallest absolute Gasteiger partial charge is 0.274 e. The molecule has 8 heteroatoms.